The molecule has 0 saturated carbocycles. The van der Waals surface area contributed by atoms with Gasteiger partial charge in [0.1, 0.15) is 0 Å². The highest BCUT2D eigenvalue weighted by Crippen LogP contribution is 2.35. The summed E-state index contributed by atoms with van der Waals surface area (Å²) >= 11 is 0. The van der Waals surface area contributed by atoms with E-state index >= 15 is 0 Å². The van der Waals surface area contributed by atoms with Crippen LogP contribution in [0.15, 0.2) is 6.20 Å². The van der Waals surface area contributed by atoms with E-state index in [1.54, 1.807) is 13.2 Å². The Bertz CT molecular complexity index is 626. The van der Waals surface area contributed by atoms with E-state index in [9.17, 15) is 13.2 Å². The molecule has 2 rings (SSSR count). The van der Waals surface area contributed by atoms with Crippen molar-refractivity contribution in [2.75, 3.05) is 27.2 Å². The number of carboxylic acids is 1. The highest BCUT2D eigenvalue weighted by atomic mass is 32.2. The van der Waals surface area contributed by atoms with Crippen LogP contribution in [0, 0.1) is 5.92 Å². The fraction of sp³-hybridized carbons (Fsp3) is 0.727. The number of nitrogens with zero attached hydrogens (tertiary/aromatic N) is 5. The molecule has 1 N–H and O–H groups in total. The number of aromatic nitrogens is 3. The van der Waals surface area contributed by atoms with E-state index in [-0.39, 0.29) is 31.3 Å². The fourth-order valence-electron chi connectivity index (χ4n) is 2.55. The highest BCUT2D eigenvalue weighted by Gasteiger charge is 2.42. The molecule has 0 aromatic carbocycles. The second-order valence-electron chi connectivity index (χ2n) is 5.39. The van der Waals surface area contributed by atoms with Crippen molar-refractivity contribution in [1.29, 1.82) is 0 Å². The van der Waals surface area contributed by atoms with Crippen molar-refractivity contribution in [3.63, 3.8) is 0 Å². The standard InChI is InChI=1S/C11H19N5O4S/c1-14(2)21(19,20)16-5-8(4-11(17)18)9(6-16)10-7-15(3)13-12-10/h7-9H,4-6H2,1-3H3,(H,17,18)/t8-,9+/m1/s1. The summed E-state index contributed by atoms with van der Waals surface area (Å²) in [6.07, 6.45) is 1.60. The molecule has 21 heavy (non-hydrogen) atoms. The van der Waals surface area contributed by atoms with Crippen molar-refractivity contribution in [3.8, 4) is 0 Å². The molecular weight excluding hydrogens is 298 g/mol. The minimum Gasteiger partial charge on any atom is -0.481 e. The van der Waals surface area contributed by atoms with Gasteiger partial charge in [0.2, 0.25) is 0 Å². The molecule has 2 heterocycles. The van der Waals surface area contributed by atoms with Crippen molar-refractivity contribution in [1.82, 2.24) is 23.6 Å². The second kappa shape index (κ2) is 5.70. The largest absolute Gasteiger partial charge is 0.481 e. The van der Waals surface area contributed by atoms with E-state index in [4.69, 9.17) is 5.11 Å². The first-order chi connectivity index (χ1) is 9.71. The molecule has 10 heteroatoms. The van der Waals surface area contributed by atoms with Crippen LogP contribution in [0.1, 0.15) is 18.0 Å². The molecule has 1 fully saturated rings. The van der Waals surface area contributed by atoms with Crippen LogP contribution in [0.2, 0.25) is 0 Å². The van der Waals surface area contributed by atoms with Crippen molar-refractivity contribution in [3.05, 3.63) is 11.9 Å². The number of hydrogen-bond donors (Lipinski definition) is 1. The Balaban J connectivity index is 2.28. The topological polar surface area (TPSA) is 109 Å². The number of aliphatic carboxylic acids is 1. The molecule has 0 radical (unpaired) electrons. The van der Waals surface area contributed by atoms with E-state index < -0.39 is 16.2 Å². The summed E-state index contributed by atoms with van der Waals surface area (Å²) in [4.78, 5) is 11.0. The van der Waals surface area contributed by atoms with Gasteiger partial charge in [-0.2, -0.15) is 17.0 Å². The van der Waals surface area contributed by atoms with Gasteiger partial charge in [-0.3, -0.25) is 9.48 Å². The van der Waals surface area contributed by atoms with E-state index in [0.29, 0.717) is 5.69 Å². The second-order valence-corrected chi connectivity index (χ2v) is 7.53. The van der Waals surface area contributed by atoms with Gasteiger partial charge in [-0.1, -0.05) is 5.21 Å². The number of carboxylic acid groups (broad SMARTS) is 1. The molecule has 118 valence electrons. The summed E-state index contributed by atoms with van der Waals surface area (Å²) < 4.78 is 28.4. The summed E-state index contributed by atoms with van der Waals surface area (Å²) in [5, 5.41) is 16.9. The van der Waals surface area contributed by atoms with Crippen molar-refractivity contribution < 1.29 is 18.3 Å². The molecule has 0 bridgehead atoms. The highest BCUT2D eigenvalue weighted by molar-refractivity contribution is 7.86. The third-order valence-electron chi connectivity index (χ3n) is 3.63. The van der Waals surface area contributed by atoms with E-state index in [0.717, 1.165) is 4.31 Å². The molecule has 1 aromatic heterocycles. The van der Waals surface area contributed by atoms with Gasteiger partial charge in [0.05, 0.1) is 12.1 Å². The molecule has 0 amide bonds. The van der Waals surface area contributed by atoms with Crippen molar-refractivity contribution >= 4 is 16.2 Å². The third-order valence-corrected chi connectivity index (χ3v) is 5.51. The Labute approximate surface area is 123 Å². The average Bonchev–Trinajstić information content (AvgIpc) is 2.94. The van der Waals surface area contributed by atoms with Crippen LogP contribution >= 0.6 is 0 Å². The van der Waals surface area contributed by atoms with Gasteiger partial charge >= 0.3 is 5.97 Å². The number of aryl methyl sites for hydroxylation is 1. The monoisotopic (exact) mass is 317 g/mol. The first kappa shape index (κ1) is 15.9. The number of carbonyl (C=O) groups is 1. The van der Waals surface area contributed by atoms with Gasteiger partial charge in [0.15, 0.2) is 0 Å². The average molecular weight is 317 g/mol. The molecule has 1 aliphatic rings. The molecule has 0 unspecified atom stereocenters. The maximum atomic E-state index is 12.2. The molecular formula is C11H19N5O4S. The molecule has 1 saturated heterocycles. The summed E-state index contributed by atoms with van der Waals surface area (Å²) in [5.74, 6) is -1.52. The lowest BCUT2D eigenvalue weighted by Crippen LogP contribution is -2.38. The first-order valence-corrected chi connectivity index (χ1v) is 7.87. The Morgan fingerprint density at radius 3 is 2.62 bits per heavy atom. The quantitative estimate of drug-likeness (QED) is 0.755. The molecule has 1 aliphatic heterocycles. The SMILES string of the molecule is CN(C)S(=O)(=O)N1C[C@@H](CC(=O)O)[C@@H](c2cn(C)nn2)C1. The molecule has 2 atom stereocenters. The maximum absolute atomic E-state index is 12.2. The van der Waals surface area contributed by atoms with Gasteiger partial charge in [-0.25, -0.2) is 0 Å². The van der Waals surface area contributed by atoms with Crippen LogP contribution in [-0.2, 0) is 22.1 Å². The Kier molecular flexibility index (Phi) is 4.30. The van der Waals surface area contributed by atoms with Gasteiger partial charge in [-0.05, 0) is 5.92 Å². The minimum absolute atomic E-state index is 0.0965. The normalized spacial score (nSPS) is 23.8. The lowest BCUT2D eigenvalue weighted by Gasteiger charge is -2.20. The van der Waals surface area contributed by atoms with Crippen LogP contribution in [0.4, 0.5) is 0 Å². The van der Waals surface area contributed by atoms with Gasteiger partial charge in [-0.15, -0.1) is 5.10 Å². The Hall–Kier alpha value is -1.52. The van der Waals surface area contributed by atoms with E-state index in [2.05, 4.69) is 10.3 Å². The third kappa shape index (κ3) is 3.22. The summed E-state index contributed by atoms with van der Waals surface area (Å²) in [6, 6.07) is 0. The van der Waals surface area contributed by atoms with Crippen molar-refractivity contribution in [2.45, 2.75) is 12.3 Å². The van der Waals surface area contributed by atoms with E-state index in [1.807, 2.05) is 0 Å². The van der Waals surface area contributed by atoms with Gasteiger partial charge in [0, 0.05) is 46.3 Å². The van der Waals surface area contributed by atoms with Crippen LogP contribution < -0.4 is 0 Å². The Morgan fingerprint density at radius 1 is 1.48 bits per heavy atom. The molecule has 0 aliphatic carbocycles. The van der Waals surface area contributed by atoms with Crippen LogP contribution in [-0.4, -0.2) is 70.3 Å². The zero-order chi connectivity index (χ0) is 15.8. The number of rotatable bonds is 5. The summed E-state index contributed by atoms with van der Waals surface area (Å²) in [6.45, 7) is 0.394. The lowest BCUT2D eigenvalue weighted by atomic mass is 9.91. The van der Waals surface area contributed by atoms with Crippen LogP contribution in [0.5, 0.6) is 0 Å². The Morgan fingerprint density at radius 2 is 2.14 bits per heavy atom. The molecule has 1 aromatic rings. The fourth-order valence-corrected chi connectivity index (χ4v) is 3.74. The molecule has 9 nitrogen and oxygen atoms in total. The van der Waals surface area contributed by atoms with E-state index in [1.165, 1.54) is 23.1 Å². The first-order valence-electron chi connectivity index (χ1n) is 6.47. The maximum Gasteiger partial charge on any atom is 0.303 e. The van der Waals surface area contributed by atoms with Crippen LogP contribution in [0.3, 0.4) is 0 Å². The van der Waals surface area contributed by atoms with Gasteiger partial charge in [0.25, 0.3) is 10.2 Å². The zero-order valence-corrected chi connectivity index (χ0v) is 13.0. The van der Waals surface area contributed by atoms with Crippen LogP contribution in [0.25, 0.3) is 0 Å². The minimum atomic E-state index is -3.56. The molecule has 0 spiro atoms. The number of hydrogen-bond acceptors (Lipinski definition) is 5. The predicted molar refractivity (Wildman–Crippen MR) is 73.7 cm³/mol. The zero-order valence-electron chi connectivity index (χ0n) is 12.2. The van der Waals surface area contributed by atoms with Gasteiger partial charge < -0.3 is 5.11 Å². The van der Waals surface area contributed by atoms with Crippen molar-refractivity contribution in [2.24, 2.45) is 13.0 Å². The lowest BCUT2D eigenvalue weighted by molar-refractivity contribution is -0.138. The smallest absolute Gasteiger partial charge is 0.303 e. The predicted octanol–water partition coefficient (Wildman–Crippen LogP) is -0.888. The summed E-state index contributed by atoms with van der Waals surface area (Å²) in [5.41, 5.74) is 0.625. The summed E-state index contributed by atoms with van der Waals surface area (Å²) in [7, 11) is 1.06.